The molecule has 0 spiro atoms. The Morgan fingerprint density at radius 3 is 2.28 bits per heavy atom. The molecule has 1 fully saturated rings. The fourth-order valence-electron chi connectivity index (χ4n) is 3.44. The van der Waals surface area contributed by atoms with Gasteiger partial charge in [-0.05, 0) is 24.3 Å². The standard InChI is InChI=1S/C15H21NO2/c1-10(2)13(11-6-4-3-5-7-11)15(14(17)18)8-12(16)9-15/h3-7,10,12-13H,8-9,16H2,1-2H3,(H,17,18). The minimum atomic E-state index is -0.702. The molecule has 0 aromatic heterocycles. The second-order valence-electron chi connectivity index (χ2n) is 5.76. The third-order valence-corrected chi connectivity index (χ3v) is 4.10. The Balaban J connectivity index is 2.39. The molecule has 0 saturated heterocycles. The summed E-state index contributed by atoms with van der Waals surface area (Å²) in [4.78, 5) is 11.7. The molecule has 0 aliphatic heterocycles. The van der Waals surface area contributed by atoms with Crippen LogP contribution in [0.25, 0.3) is 0 Å². The second-order valence-corrected chi connectivity index (χ2v) is 5.76. The third kappa shape index (κ3) is 2.03. The molecule has 98 valence electrons. The number of carbonyl (C=O) groups is 1. The molecule has 18 heavy (non-hydrogen) atoms. The summed E-state index contributed by atoms with van der Waals surface area (Å²) in [5.74, 6) is -0.376. The Morgan fingerprint density at radius 2 is 1.89 bits per heavy atom. The van der Waals surface area contributed by atoms with Crippen molar-refractivity contribution in [3.05, 3.63) is 35.9 Å². The first-order valence-corrected chi connectivity index (χ1v) is 6.51. The van der Waals surface area contributed by atoms with E-state index in [1.807, 2.05) is 30.3 Å². The Morgan fingerprint density at radius 1 is 1.33 bits per heavy atom. The molecule has 1 aliphatic carbocycles. The van der Waals surface area contributed by atoms with E-state index in [0.29, 0.717) is 12.8 Å². The number of hydrogen-bond acceptors (Lipinski definition) is 2. The van der Waals surface area contributed by atoms with Crippen LogP contribution in [0.3, 0.4) is 0 Å². The van der Waals surface area contributed by atoms with Gasteiger partial charge >= 0.3 is 5.97 Å². The van der Waals surface area contributed by atoms with Gasteiger partial charge in [-0.3, -0.25) is 4.79 Å². The molecular formula is C15H21NO2. The number of hydrogen-bond donors (Lipinski definition) is 2. The Labute approximate surface area is 108 Å². The predicted molar refractivity (Wildman–Crippen MR) is 71.3 cm³/mol. The zero-order valence-electron chi connectivity index (χ0n) is 11.0. The van der Waals surface area contributed by atoms with Crippen LogP contribution >= 0.6 is 0 Å². The maximum atomic E-state index is 11.7. The molecule has 0 bridgehead atoms. The van der Waals surface area contributed by atoms with Gasteiger partial charge in [0.2, 0.25) is 0 Å². The van der Waals surface area contributed by atoms with Crippen molar-refractivity contribution in [2.75, 3.05) is 0 Å². The van der Waals surface area contributed by atoms with Gasteiger partial charge in [0.25, 0.3) is 0 Å². The lowest BCUT2D eigenvalue weighted by atomic mass is 9.54. The first-order chi connectivity index (χ1) is 8.47. The molecule has 0 radical (unpaired) electrons. The normalized spacial score (nSPS) is 28.8. The van der Waals surface area contributed by atoms with Crippen LogP contribution in [0.2, 0.25) is 0 Å². The van der Waals surface area contributed by atoms with E-state index < -0.39 is 11.4 Å². The number of carboxylic acids is 1. The summed E-state index contributed by atoms with van der Waals surface area (Å²) >= 11 is 0. The van der Waals surface area contributed by atoms with Crippen LogP contribution in [0.15, 0.2) is 30.3 Å². The lowest BCUT2D eigenvalue weighted by Crippen LogP contribution is -2.55. The van der Waals surface area contributed by atoms with Crippen LogP contribution in [0.4, 0.5) is 0 Å². The van der Waals surface area contributed by atoms with Gasteiger partial charge in [0.1, 0.15) is 0 Å². The first kappa shape index (κ1) is 13.1. The summed E-state index contributed by atoms with van der Waals surface area (Å²) in [5.41, 5.74) is 6.29. The van der Waals surface area contributed by atoms with Crippen LogP contribution in [0.1, 0.15) is 38.2 Å². The van der Waals surface area contributed by atoms with Crippen LogP contribution < -0.4 is 5.73 Å². The molecule has 1 atom stereocenters. The van der Waals surface area contributed by atoms with E-state index >= 15 is 0 Å². The molecular weight excluding hydrogens is 226 g/mol. The van der Waals surface area contributed by atoms with Crippen LogP contribution in [0.5, 0.6) is 0 Å². The lowest BCUT2D eigenvalue weighted by Gasteiger charge is -2.49. The average molecular weight is 247 g/mol. The van der Waals surface area contributed by atoms with Gasteiger partial charge in [-0.25, -0.2) is 0 Å². The zero-order chi connectivity index (χ0) is 13.3. The fraction of sp³-hybridized carbons (Fsp3) is 0.533. The molecule has 1 aromatic carbocycles. The summed E-state index contributed by atoms with van der Waals surface area (Å²) in [6.45, 7) is 4.18. The molecule has 3 nitrogen and oxygen atoms in total. The smallest absolute Gasteiger partial charge is 0.310 e. The van der Waals surface area contributed by atoms with Gasteiger partial charge in [-0.15, -0.1) is 0 Å². The third-order valence-electron chi connectivity index (χ3n) is 4.10. The van der Waals surface area contributed by atoms with E-state index in [0.717, 1.165) is 5.56 Å². The highest BCUT2D eigenvalue weighted by Gasteiger charge is 2.55. The Bertz CT molecular complexity index is 421. The van der Waals surface area contributed by atoms with Crippen molar-refractivity contribution in [1.29, 1.82) is 0 Å². The van der Waals surface area contributed by atoms with Gasteiger partial charge in [-0.2, -0.15) is 0 Å². The minimum Gasteiger partial charge on any atom is -0.481 e. The summed E-state index contributed by atoms with van der Waals surface area (Å²) in [7, 11) is 0. The molecule has 3 heteroatoms. The van der Waals surface area contributed by atoms with Crippen molar-refractivity contribution in [2.24, 2.45) is 17.1 Å². The Kier molecular flexibility index (Phi) is 3.44. The summed E-state index contributed by atoms with van der Waals surface area (Å²) in [6.07, 6.45) is 1.17. The summed E-state index contributed by atoms with van der Waals surface area (Å²) < 4.78 is 0. The maximum absolute atomic E-state index is 11.7. The molecule has 0 heterocycles. The van der Waals surface area contributed by atoms with Crippen molar-refractivity contribution in [2.45, 2.75) is 38.6 Å². The average Bonchev–Trinajstić information content (AvgIpc) is 2.27. The fourth-order valence-corrected chi connectivity index (χ4v) is 3.44. The summed E-state index contributed by atoms with van der Waals surface area (Å²) in [5, 5.41) is 9.63. The second kappa shape index (κ2) is 4.73. The van der Waals surface area contributed by atoms with Gasteiger partial charge in [0.15, 0.2) is 0 Å². The molecule has 2 rings (SSSR count). The first-order valence-electron chi connectivity index (χ1n) is 6.51. The SMILES string of the molecule is CC(C)C(c1ccccc1)C1(C(=O)O)CC(N)C1. The highest BCUT2D eigenvalue weighted by atomic mass is 16.4. The van der Waals surface area contributed by atoms with Gasteiger partial charge in [0.05, 0.1) is 5.41 Å². The molecule has 1 aromatic rings. The van der Waals surface area contributed by atoms with E-state index in [2.05, 4.69) is 13.8 Å². The zero-order valence-corrected chi connectivity index (χ0v) is 11.0. The van der Waals surface area contributed by atoms with Gasteiger partial charge < -0.3 is 10.8 Å². The Hall–Kier alpha value is -1.35. The van der Waals surface area contributed by atoms with E-state index in [1.165, 1.54) is 0 Å². The highest BCUT2D eigenvalue weighted by Crippen LogP contribution is 2.54. The van der Waals surface area contributed by atoms with Gasteiger partial charge in [-0.1, -0.05) is 44.2 Å². The van der Waals surface area contributed by atoms with E-state index in [4.69, 9.17) is 5.73 Å². The quantitative estimate of drug-likeness (QED) is 0.859. The lowest BCUT2D eigenvalue weighted by molar-refractivity contribution is -0.159. The topological polar surface area (TPSA) is 63.3 Å². The number of aliphatic carboxylic acids is 1. The van der Waals surface area contributed by atoms with E-state index in [9.17, 15) is 9.90 Å². The highest BCUT2D eigenvalue weighted by molar-refractivity contribution is 5.78. The summed E-state index contributed by atoms with van der Waals surface area (Å²) in [6, 6.07) is 9.99. The van der Waals surface area contributed by atoms with Crippen molar-refractivity contribution >= 4 is 5.97 Å². The van der Waals surface area contributed by atoms with Gasteiger partial charge in [0, 0.05) is 12.0 Å². The number of nitrogens with two attached hydrogens (primary N) is 1. The largest absolute Gasteiger partial charge is 0.481 e. The predicted octanol–water partition coefficient (Wildman–Crippen LogP) is 2.62. The van der Waals surface area contributed by atoms with Crippen molar-refractivity contribution in [3.8, 4) is 0 Å². The molecule has 1 aliphatic rings. The minimum absolute atomic E-state index is 0.0334. The molecule has 1 saturated carbocycles. The van der Waals surface area contributed by atoms with Crippen LogP contribution in [0, 0.1) is 11.3 Å². The molecule has 3 N–H and O–H groups in total. The number of rotatable bonds is 4. The van der Waals surface area contributed by atoms with Crippen molar-refractivity contribution in [3.63, 3.8) is 0 Å². The van der Waals surface area contributed by atoms with Crippen molar-refractivity contribution < 1.29 is 9.90 Å². The van der Waals surface area contributed by atoms with Crippen LogP contribution in [-0.2, 0) is 4.79 Å². The number of benzene rings is 1. The van der Waals surface area contributed by atoms with Crippen molar-refractivity contribution in [1.82, 2.24) is 0 Å². The molecule has 0 amide bonds. The monoisotopic (exact) mass is 247 g/mol. The van der Waals surface area contributed by atoms with E-state index in [1.54, 1.807) is 0 Å². The van der Waals surface area contributed by atoms with Crippen LogP contribution in [-0.4, -0.2) is 17.1 Å². The van der Waals surface area contributed by atoms with E-state index in [-0.39, 0.29) is 17.9 Å². The molecule has 1 unspecified atom stereocenters. The maximum Gasteiger partial charge on any atom is 0.310 e. The number of carboxylic acid groups (broad SMARTS) is 1.